The van der Waals surface area contributed by atoms with Gasteiger partial charge in [-0.25, -0.2) is 0 Å². The zero-order valence-electron chi connectivity index (χ0n) is 17.5. The van der Waals surface area contributed by atoms with E-state index in [-0.39, 0.29) is 22.9 Å². The third-order valence-electron chi connectivity index (χ3n) is 5.38. The average Bonchev–Trinajstić information content (AvgIpc) is 2.95. The number of ketones is 1. The molecule has 1 unspecified atom stereocenters. The Morgan fingerprint density at radius 3 is 2.24 bits per heavy atom. The van der Waals surface area contributed by atoms with Gasteiger partial charge in [0.05, 0.1) is 28.4 Å². The van der Waals surface area contributed by atoms with Crippen molar-refractivity contribution in [2.45, 2.75) is 32.1 Å². The normalized spacial score (nSPS) is 14.9. The van der Waals surface area contributed by atoms with Crippen molar-refractivity contribution in [3.05, 3.63) is 45.6 Å². The van der Waals surface area contributed by atoms with Crippen LogP contribution in [0.3, 0.4) is 0 Å². The van der Waals surface area contributed by atoms with E-state index in [1.54, 1.807) is 40.4 Å². The van der Waals surface area contributed by atoms with Crippen LogP contribution in [0, 0.1) is 0 Å². The van der Waals surface area contributed by atoms with Gasteiger partial charge in [-0.15, -0.1) is 0 Å². The van der Waals surface area contributed by atoms with E-state index in [4.69, 9.17) is 18.9 Å². The smallest absolute Gasteiger partial charge is 0.220 e. The van der Waals surface area contributed by atoms with Crippen LogP contribution in [-0.2, 0) is 11.2 Å². The van der Waals surface area contributed by atoms with Crippen LogP contribution in [0.2, 0.25) is 0 Å². The summed E-state index contributed by atoms with van der Waals surface area (Å²) in [6.45, 7) is 1.58. The Hall–Kier alpha value is -3.02. The first-order valence-electron chi connectivity index (χ1n) is 9.49. The lowest BCUT2D eigenvalue weighted by Crippen LogP contribution is -2.08. The van der Waals surface area contributed by atoms with Crippen LogP contribution in [-0.4, -0.2) is 34.2 Å². The summed E-state index contributed by atoms with van der Waals surface area (Å²) in [5.74, 6) is 1.87. The van der Waals surface area contributed by atoms with E-state index < -0.39 is 0 Å². The lowest BCUT2D eigenvalue weighted by molar-refractivity contribution is -0.117. The first-order valence-corrected chi connectivity index (χ1v) is 9.49. The van der Waals surface area contributed by atoms with Crippen molar-refractivity contribution in [2.75, 3.05) is 28.4 Å². The van der Waals surface area contributed by atoms with Crippen LogP contribution in [0.25, 0.3) is 11.1 Å². The third kappa shape index (κ3) is 3.79. The predicted octanol–water partition coefficient (Wildman–Crippen LogP) is 3.76. The zero-order valence-corrected chi connectivity index (χ0v) is 17.5. The van der Waals surface area contributed by atoms with E-state index in [1.807, 2.05) is 12.1 Å². The molecule has 1 aliphatic carbocycles. The van der Waals surface area contributed by atoms with Crippen molar-refractivity contribution < 1.29 is 23.7 Å². The molecule has 0 saturated heterocycles. The molecule has 0 heterocycles. The molecule has 0 aliphatic heterocycles. The molecule has 0 saturated carbocycles. The fraction of sp³-hybridized carbons (Fsp3) is 0.391. The maximum absolute atomic E-state index is 12.7. The van der Waals surface area contributed by atoms with Gasteiger partial charge in [-0.3, -0.25) is 4.79 Å². The van der Waals surface area contributed by atoms with E-state index in [2.05, 4.69) is 0 Å². The molecule has 0 fully saturated rings. The van der Waals surface area contributed by atoms with Crippen molar-refractivity contribution in [2.24, 2.45) is 0 Å². The molecule has 0 bridgehead atoms. The highest BCUT2D eigenvalue weighted by molar-refractivity contribution is 5.84. The van der Waals surface area contributed by atoms with Crippen LogP contribution in [0.5, 0.6) is 23.0 Å². The van der Waals surface area contributed by atoms with E-state index in [0.717, 1.165) is 28.7 Å². The van der Waals surface area contributed by atoms with Gasteiger partial charge in [-0.1, -0.05) is 6.07 Å². The van der Waals surface area contributed by atoms with Crippen molar-refractivity contribution in [3.8, 4) is 34.1 Å². The number of Topliss-reactive ketones (excluding diaryl/α,β-unsaturated/α-hetero) is 1. The van der Waals surface area contributed by atoms with E-state index in [9.17, 15) is 9.59 Å². The Labute approximate surface area is 170 Å². The van der Waals surface area contributed by atoms with Crippen molar-refractivity contribution >= 4 is 5.78 Å². The first-order chi connectivity index (χ1) is 13.9. The van der Waals surface area contributed by atoms with Gasteiger partial charge in [0.15, 0.2) is 17.2 Å². The number of fused-ring (bicyclic) bond motifs is 3. The van der Waals surface area contributed by atoms with E-state index >= 15 is 0 Å². The molecule has 6 nitrogen and oxygen atoms in total. The second kappa shape index (κ2) is 8.55. The summed E-state index contributed by atoms with van der Waals surface area (Å²) in [5.41, 5.74) is 3.30. The largest absolute Gasteiger partial charge is 0.493 e. The van der Waals surface area contributed by atoms with Crippen LogP contribution in [0.15, 0.2) is 29.1 Å². The second-order valence-corrected chi connectivity index (χ2v) is 7.10. The van der Waals surface area contributed by atoms with Crippen LogP contribution < -0.4 is 24.4 Å². The van der Waals surface area contributed by atoms with Crippen LogP contribution in [0.1, 0.15) is 36.8 Å². The lowest BCUT2D eigenvalue weighted by Gasteiger charge is -2.19. The van der Waals surface area contributed by atoms with Gasteiger partial charge >= 0.3 is 0 Å². The molecule has 2 aromatic rings. The summed E-state index contributed by atoms with van der Waals surface area (Å²) in [4.78, 5) is 24.6. The summed E-state index contributed by atoms with van der Waals surface area (Å²) in [5, 5.41) is 0. The van der Waals surface area contributed by atoms with Gasteiger partial charge in [-0.2, -0.15) is 0 Å². The Morgan fingerprint density at radius 2 is 1.66 bits per heavy atom. The molecule has 0 spiro atoms. The minimum atomic E-state index is -0.217. The molecule has 154 valence electrons. The maximum Gasteiger partial charge on any atom is 0.220 e. The highest BCUT2D eigenvalue weighted by Gasteiger charge is 2.29. The molecular weight excluding hydrogens is 372 g/mol. The van der Waals surface area contributed by atoms with E-state index in [1.165, 1.54) is 7.11 Å². The molecule has 2 aromatic carbocycles. The molecule has 29 heavy (non-hydrogen) atoms. The molecular formula is C23H26O6. The summed E-state index contributed by atoms with van der Waals surface area (Å²) < 4.78 is 22.1. The quantitative estimate of drug-likeness (QED) is 0.738. The highest BCUT2D eigenvalue weighted by Crippen LogP contribution is 2.50. The van der Waals surface area contributed by atoms with Gasteiger partial charge in [-0.05, 0) is 60.6 Å². The van der Waals surface area contributed by atoms with Crippen molar-refractivity contribution in [3.63, 3.8) is 0 Å². The molecule has 6 heteroatoms. The van der Waals surface area contributed by atoms with Gasteiger partial charge in [0.25, 0.3) is 0 Å². The van der Waals surface area contributed by atoms with Gasteiger partial charge in [0, 0.05) is 12.0 Å². The summed E-state index contributed by atoms with van der Waals surface area (Å²) >= 11 is 0. The van der Waals surface area contributed by atoms with Gasteiger partial charge < -0.3 is 23.7 Å². The number of benzene rings is 1. The molecule has 3 rings (SSSR count). The average molecular weight is 398 g/mol. The Bertz CT molecular complexity index is 995. The van der Waals surface area contributed by atoms with Gasteiger partial charge in [0.2, 0.25) is 11.2 Å². The molecule has 0 N–H and O–H groups in total. The topological polar surface area (TPSA) is 71.1 Å². The fourth-order valence-corrected chi connectivity index (χ4v) is 4.11. The number of carbonyl (C=O) groups is 1. The van der Waals surface area contributed by atoms with Crippen molar-refractivity contribution in [1.29, 1.82) is 0 Å². The van der Waals surface area contributed by atoms with E-state index in [0.29, 0.717) is 30.1 Å². The standard InChI is InChI=1S/C23H26O6/c1-13(24)10-14-6-7-15-11-20(27-3)22(28-4)23(29-5)21(15)16-8-9-19(26-2)18(25)12-17(14)16/h8-9,11-12,14H,6-7,10H2,1-5H3. The summed E-state index contributed by atoms with van der Waals surface area (Å²) in [7, 11) is 6.20. The second-order valence-electron chi connectivity index (χ2n) is 7.10. The third-order valence-corrected chi connectivity index (χ3v) is 5.38. The maximum atomic E-state index is 12.7. The number of aryl methyl sites for hydroxylation is 1. The summed E-state index contributed by atoms with van der Waals surface area (Å²) in [6, 6.07) is 7.06. The van der Waals surface area contributed by atoms with Crippen LogP contribution >= 0.6 is 0 Å². The SMILES string of the molecule is COc1cc2c(c(OC)c1OC)-c1ccc(OC)c(=O)cc1C(CC(C)=O)CC2. The lowest BCUT2D eigenvalue weighted by atomic mass is 9.89. The number of ether oxygens (including phenoxy) is 4. The minimum absolute atomic E-state index is 0.0820. The first kappa shape index (κ1) is 20.7. The molecule has 1 atom stereocenters. The molecule has 0 aromatic heterocycles. The van der Waals surface area contributed by atoms with Crippen LogP contribution in [0.4, 0.5) is 0 Å². The zero-order chi connectivity index (χ0) is 21.1. The minimum Gasteiger partial charge on any atom is -0.493 e. The van der Waals surface area contributed by atoms with Gasteiger partial charge in [0.1, 0.15) is 5.78 Å². The Morgan fingerprint density at radius 1 is 0.966 bits per heavy atom. The molecule has 1 aliphatic rings. The number of hydrogen-bond donors (Lipinski definition) is 0. The number of rotatable bonds is 6. The number of carbonyl (C=O) groups excluding carboxylic acids is 1. The molecule has 0 amide bonds. The highest BCUT2D eigenvalue weighted by atomic mass is 16.5. The number of methoxy groups -OCH3 is 4. The molecule has 0 radical (unpaired) electrons. The monoisotopic (exact) mass is 398 g/mol. The Kier molecular flexibility index (Phi) is 6.11. The summed E-state index contributed by atoms with van der Waals surface area (Å²) in [6.07, 6.45) is 1.81. The predicted molar refractivity (Wildman–Crippen MR) is 111 cm³/mol. The fourth-order valence-electron chi connectivity index (χ4n) is 4.11. The van der Waals surface area contributed by atoms with Crippen molar-refractivity contribution in [1.82, 2.24) is 0 Å². The Balaban J connectivity index is 2.41. The number of hydrogen-bond acceptors (Lipinski definition) is 6.